The molecule has 1 heterocycles. The van der Waals surface area contributed by atoms with Gasteiger partial charge in [0, 0.05) is 34.0 Å². The van der Waals surface area contributed by atoms with E-state index in [4.69, 9.17) is 4.74 Å². The molecule has 6 nitrogen and oxygen atoms in total. The van der Waals surface area contributed by atoms with Crippen molar-refractivity contribution < 1.29 is 29.6 Å². The molecule has 0 aromatic rings. The number of ether oxygens (including phenoxy) is 1. The normalized spacial score (nSPS) is 44.8. The molecule has 0 aromatic carbocycles. The van der Waals surface area contributed by atoms with E-state index < -0.39 is 34.7 Å². The lowest BCUT2D eigenvalue weighted by Crippen LogP contribution is -2.50. The van der Waals surface area contributed by atoms with Gasteiger partial charge in [0.25, 0.3) is 0 Å². The predicted molar refractivity (Wildman–Crippen MR) is 136 cm³/mol. The van der Waals surface area contributed by atoms with Gasteiger partial charge >= 0.3 is 0 Å². The maximum absolute atomic E-state index is 13.2. The molecule has 6 heteroatoms. The summed E-state index contributed by atoms with van der Waals surface area (Å²) in [4.78, 5) is 26.3. The topological polar surface area (TPSA) is 104 Å². The molecule has 0 saturated heterocycles. The number of carbonyl (C=O) groups excluding carboxylic acids is 2. The number of hydrogen-bond acceptors (Lipinski definition) is 6. The predicted octanol–water partition coefficient (Wildman–Crippen LogP) is 3.88. The summed E-state index contributed by atoms with van der Waals surface area (Å²) in [6, 6.07) is 0. The fourth-order valence-electron chi connectivity index (χ4n) is 6.93. The van der Waals surface area contributed by atoms with Crippen molar-refractivity contribution in [1.82, 2.24) is 0 Å². The van der Waals surface area contributed by atoms with Gasteiger partial charge in [0.2, 0.25) is 0 Å². The van der Waals surface area contributed by atoms with Crippen LogP contribution in [-0.4, -0.2) is 50.8 Å². The summed E-state index contributed by atoms with van der Waals surface area (Å²) in [5.41, 5.74) is 0.764. The van der Waals surface area contributed by atoms with E-state index in [1.807, 2.05) is 19.1 Å². The number of carbonyl (C=O) groups is 2. The maximum atomic E-state index is 13.2. The second-order valence-corrected chi connectivity index (χ2v) is 12.2. The zero-order valence-electron chi connectivity index (χ0n) is 21.9. The lowest BCUT2D eigenvalue weighted by molar-refractivity contribution is -0.118. The Morgan fingerprint density at radius 2 is 1.33 bits per heavy atom. The summed E-state index contributed by atoms with van der Waals surface area (Å²) >= 11 is 0. The number of ketones is 2. The molecular formula is C30H38O6. The largest absolute Gasteiger partial charge is 0.487 e. The van der Waals surface area contributed by atoms with Crippen LogP contribution in [-0.2, 0) is 14.3 Å². The van der Waals surface area contributed by atoms with E-state index in [9.17, 15) is 24.9 Å². The summed E-state index contributed by atoms with van der Waals surface area (Å²) in [5.74, 6) is 0.0341. The van der Waals surface area contributed by atoms with Crippen LogP contribution in [0.2, 0.25) is 0 Å². The molecule has 1 aliphatic heterocycles. The minimum Gasteiger partial charge on any atom is -0.487 e. The first-order chi connectivity index (χ1) is 16.8. The van der Waals surface area contributed by atoms with Gasteiger partial charge in [0.1, 0.15) is 6.10 Å². The van der Waals surface area contributed by atoms with Crippen LogP contribution in [0.3, 0.4) is 0 Å². The van der Waals surface area contributed by atoms with Crippen molar-refractivity contribution in [2.24, 2.45) is 22.7 Å². The SMILES string of the molecule is C[C@H]1CC[C@@H](O)C2=CC(=O)C(C3=COC(C)(C4=C[C@@]5(C)C(=CC4=O)[C@H](O)CC[C@@H]5C)C(O)C3)=C[C@@]21C. The van der Waals surface area contributed by atoms with E-state index in [0.717, 1.165) is 24.0 Å². The molecule has 0 bridgehead atoms. The number of fused-ring (bicyclic) bond motifs is 2. The molecular weight excluding hydrogens is 456 g/mol. The summed E-state index contributed by atoms with van der Waals surface area (Å²) in [5, 5.41) is 32.4. The highest BCUT2D eigenvalue weighted by Crippen LogP contribution is 2.52. The molecule has 3 N–H and O–H groups in total. The third kappa shape index (κ3) is 3.56. The first-order valence-corrected chi connectivity index (χ1v) is 13.2. The monoisotopic (exact) mass is 494 g/mol. The number of rotatable bonds is 2. The van der Waals surface area contributed by atoms with Gasteiger partial charge in [-0.1, -0.05) is 39.8 Å². The van der Waals surface area contributed by atoms with Gasteiger partial charge in [-0.15, -0.1) is 0 Å². The van der Waals surface area contributed by atoms with Gasteiger partial charge in [-0.05, 0) is 67.7 Å². The van der Waals surface area contributed by atoms with Crippen LogP contribution in [0.15, 0.2) is 58.4 Å². The van der Waals surface area contributed by atoms with Gasteiger partial charge < -0.3 is 20.1 Å². The first-order valence-electron chi connectivity index (χ1n) is 13.2. The second kappa shape index (κ2) is 8.37. The zero-order chi connectivity index (χ0) is 26.2. The molecule has 194 valence electrons. The molecule has 0 spiro atoms. The van der Waals surface area contributed by atoms with Crippen LogP contribution in [0.4, 0.5) is 0 Å². The van der Waals surface area contributed by atoms with Crippen molar-refractivity contribution in [2.75, 3.05) is 0 Å². The van der Waals surface area contributed by atoms with Gasteiger partial charge in [-0.2, -0.15) is 0 Å². The lowest BCUT2D eigenvalue weighted by atomic mass is 9.59. The Morgan fingerprint density at radius 1 is 0.806 bits per heavy atom. The highest BCUT2D eigenvalue weighted by molar-refractivity contribution is 6.09. The molecule has 8 atom stereocenters. The van der Waals surface area contributed by atoms with Crippen LogP contribution in [0.25, 0.3) is 0 Å². The summed E-state index contributed by atoms with van der Waals surface area (Å²) in [7, 11) is 0. The number of aliphatic hydroxyl groups is 3. The van der Waals surface area contributed by atoms with Crippen LogP contribution in [0.1, 0.15) is 66.7 Å². The van der Waals surface area contributed by atoms with Gasteiger partial charge in [0.15, 0.2) is 17.2 Å². The van der Waals surface area contributed by atoms with Crippen molar-refractivity contribution >= 4 is 11.6 Å². The molecule has 36 heavy (non-hydrogen) atoms. The Balaban J connectivity index is 1.48. The first kappa shape index (κ1) is 25.4. The number of allylic oxidation sites excluding steroid dienone is 5. The summed E-state index contributed by atoms with van der Waals surface area (Å²) in [6.45, 7) is 10.1. The Morgan fingerprint density at radius 3 is 1.89 bits per heavy atom. The van der Waals surface area contributed by atoms with E-state index in [-0.39, 0.29) is 29.8 Å². The van der Waals surface area contributed by atoms with Crippen LogP contribution < -0.4 is 0 Å². The molecule has 5 aliphatic rings. The molecule has 4 aliphatic carbocycles. The van der Waals surface area contributed by atoms with Crippen LogP contribution in [0, 0.1) is 22.7 Å². The standard InChI is InChI=1S/C30H38O6/c1-16-6-8-23(31)20-11-25(33)19(13-28(16,20)3)18-10-27(35)30(5,36-15-18)22-14-29(4)17(2)7-9-24(32)21(29)12-26(22)34/h11-17,23-24,27,31-32,35H,6-10H2,1-5H3/t16-,17-,23+,24+,27?,28+,29+,30?/m0/s1. The third-order valence-corrected chi connectivity index (χ3v) is 10.1. The van der Waals surface area contributed by atoms with Crippen LogP contribution in [0.5, 0.6) is 0 Å². The minimum absolute atomic E-state index is 0.167. The number of hydrogen-bond donors (Lipinski definition) is 3. The fraction of sp³-hybridized carbons (Fsp3) is 0.600. The molecule has 5 rings (SSSR count). The molecule has 2 saturated carbocycles. The average molecular weight is 495 g/mol. The van der Waals surface area contributed by atoms with Crippen molar-refractivity contribution in [2.45, 2.75) is 90.6 Å². The average Bonchev–Trinajstić information content (AvgIpc) is 2.83. The second-order valence-electron chi connectivity index (χ2n) is 12.2. The quantitative estimate of drug-likeness (QED) is 0.538. The minimum atomic E-state index is -1.27. The smallest absolute Gasteiger partial charge is 0.186 e. The van der Waals surface area contributed by atoms with Gasteiger partial charge in [-0.25, -0.2) is 0 Å². The number of aliphatic hydroxyl groups excluding tert-OH is 3. The Bertz CT molecular complexity index is 1170. The van der Waals surface area contributed by atoms with Gasteiger partial charge in [0.05, 0.1) is 18.5 Å². The van der Waals surface area contributed by atoms with Crippen molar-refractivity contribution in [3.8, 4) is 0 Å². The van der Waals surface area contributed by atoms with Crippen LogP contribution >= 0.6 is 0 Å². The van der Waals surface area contributed by atoms with E-state index in [2.05, 4.69) is 20.8 Å². The summed E-state index contributed by atoms with van der Waals surface area (Å²) in [6.07, 6.45) is 9.30. The summed E-state index contributed by atoms with van der Waals surface area (Å²) < 4.78 is 6.15. The maximum Gasteiger partial charge on any atom is 0.186 e. The Labute approximate surface area is 213 Å². The van der Waals surface area contributed by atoms with Gasteiger partial charge in [-0.3, -0.25) is 9.59 Å². The Hall–Kier alpha value is -2.28. The van der Waals surface area contributed by atoms with E-state index in [0.29, 0.717) is 29.6 Å². The van der Waals surface area contributed by atoms with E-state index in [1.165, 1.54) is 12.3 Å². The molecule has 0 amide bonds. The van der Waals surface area contributed by atoms with Crippen molar-refractivity contribution in [3.63, 3.8) is 0 Å². The van der Waals surface area contributed by atoms with Crippen molar-refractivity contribution in [1.29, 1.82) is 0 Å². The fourth-order valence-corrected chi connectivity index (χ4v) is 6.93. The third-order valence-electron chi connectivity index (χ3n) is 10.1. The highest BCUT2D eigenvalue weighted by atomic mass is 16.5. The Kier molecular flexibility index (Phi) is 5.90. The zero-order valence-corrected chi connectivity index (χ0v) is 21.9. The van der Waals surface area contributed by atoms with E-state index in [1.54, 1.807) is 13.0 Å². The van der Waals surface area contributed by atoms with E-state index >= 15 is 0 Å². The molecule has 2 unspecified atom stereocenters. The highest BCUT2D eigenvalue weighted by Gasteiger charge is 2.51. The lowest BCUT2D eigenvalue weighted by Gasteiger charge is -2.48. The molecule has 0 radical (unpaired) electrons. The molecule has 0 aromatic heterocycles. The van der Waals surface area contributed by atoms with Crippen molar-refractivity contribution in [3.05, 3.63) is 58.4 Å². The molecule has 2 fully saturated rings.